The number of nitrogens with two attached hydrogens (primary N) is 2. The Morgan fingerprint density at radius 1 is 1.21 bits per heavy atom. The van der Waals surface area contributed by atoms with Crippen LogP contribution in [0, 0.1) is 25.6 Å². The highest BCUT2D eigenvalue weighted by Gasteiger charge is 2.17. The van der Waals surface area contributed by atoms with Crippen molar-refractivity contribution in [3.8, 4) is 11.3 Å². The number of allylic oxidation sites excluding steroid dienone is 1. The van der Waals surface area contributed by atoms with Gasteiger partial charge in [0.25, 0.3) is 0 Å². The maximum atomic E-state index is 14.9. The Morgan fingerprint density at radius 3 is 2.68 bits per heavy atom. The van der Waals surface area contributed by atoms with E-state index in [1.54, 1.807) is 12.1 Å². The molecule has 1 aromatic carbocycles. The normalized spacial score (nSPS) is 16.0. The molecular formula is C21H25FN6. The molecule has 1 saturated heterocycles. The van der Waals surface area contributed by atoms with E-state index in [1.165, 1.54) is 6.07 Å². The van der Waals surface area contributed by atoms with Crippen LogP contribution in [-0.4, -0.2) is 27.5 Å². The van der Waals surface area contributed by atoms with Gasteiger partial charge in [-0.1, -0.05) is 0 Å². The summed E-state index contributed by atoms with van der Waals surface area (Å²) >= 11 is 0. The highest BCUT2D eigenvalue weighted by molar-refractivity contribution is 5.74. The molecule has 0 saturated carbocycles. The molecule has 0 bridgehead atoms. The monoisotopic (exact) mass is 380 g/mol. The second-order valence-corrected chi connectivity index (χ2v) is 7.45. The number of hydrogen-bond donors (Lipinski definition) is 3. The van der Waals surface area contributed by atoms with Crippen LogP contribution in [0.15, 0.2) is 30.2 Å². The predicted molar refractivity (Wildman–Crippen MR) is 110 cm³/mol. The van der Waals surface area contributed by atoms with Crippen molar-refractivity contribution in [2.24, 2.45) is 11.7 Å². The maximum Gasteiger partial charge on any atom is 0.158 e. The minimum absolute atomic E-state index is 0.261. The summed E-state index contributed by atoms with van der Waals surface area (Å²) in [5.41, 5.74) is 17.6. The topological polar surface area (TPSA) is 94.3 Å². The highest BCUT2D eigenvalue weighted by Crippen LogP contribution is 2.29. The number of piperidine rings is 1. The minimum Gasteiger partial charge on any atom is -0.402 e. The lowest BCUT2D eigenvalue weighted by Crippen LogP contribution is -2.30. The number of aromatic nitrogens is 3. The molecule has 28 heavy (non-hydrogen) atoms. The van der Waals surface area contributed by atoms with E-state index in [1.807, 2.05) is 30.6 Å². The first-order chi connectivity index (χ1) is 13.4. The van der Waals surface area contributed by atoms with Gasteiger partial charge in [-0.3, -0.25) is 4.98 Å². The van der Waals surface area contributed by atoms with Gasteiger partial charge in [0.1, 0.15) is 5.82 Å². The number of aryl methyl sites for hydroxylation is 2. The van der Waals surface area contributed by atoms with Gasteiger partial charge in [0, 0.05) is 40.8 Å². The van der Waals surface area contributed by atoms with Crippen LogP contribution in [0.3, 0.4) is 0 Å². The van der Waals surface area contributed by atoms with E-state index in [0.29, 0.717) is 28.2 Å². The van der Waals surface area contributed by atoms with Crippen molar-refractivity contribution in [3.63, 3.8) is 0 Å². The minimum atomic E-state index is -0.394. The smallest absolute Gasteiger partial charge is 0.158 e. The Balaban J connectivity index is 1.70. The second-order valence-electron chi connectivity index (χ2n) is 7.45. The summed E-state index contributed by atoms with van der Waals surface area (Å²) in [6, 6.07) is 3.22. The summed E-state index contributed by atoms with van der Waals surface area (Å²) in [5, 5.41) is 3.31. The molecule has 146 valence electrons. The maximum absolute atomic E-state index is 14.9. The third-order valence-corrected chi connectivity index (χ3v) is 5.30. The van der Waals surface area contributed by atoms with Crippen LogP contribution in [0.5, 0.6) is 0 Å². The average Bonchev–Trinajstić information content (AvgIpc) is 3.09. The van der Waals surface area contributed by atoms with Crippen molar-refractivity contribution in [3.05, 3.63) is 53.0 Å². The predicted octanol–water partition coefficient (Wildman–Crippen LogP) is 3.03. The van der Waals surface area contributed by atoms with Crippen LogP contribution in [0.1, 0.15) is 29.8 Å². The van der Waals surface area contributed by atoms with Crippen LogP contribution in [0.2, 0.25) is 0 Å². The molecular weight excluding hydrogens is 355 g/mol. The summed E-state index contributed by atoms with van der Waals surface area (Å²) in [7, 11) is 0. The van der Waals surface area contributed by atoms with Crippen LogP contribution in [0.25, 0.3) is 23.0 Å². The van der Waals surface area contributed by atoms with Crippen LogP contribution < -0.4 is 16.8 Å². The highest BCUT2D eigenvalue weighted by atomic mass is 19.1. The number of benzene rings is 1. The lowest BCUT2D eigenvalue weighted by Gasteiger charge is -2.23. The van der Waals surface area contributed by atoms with Crippen molar-refractivity contribution in [2.75, 3.05) is 18.8 Å². The van der Waals surface area contributed by atoms with Crippen molar-refractivity contribution in [2.45, 2.75) is 26.7 Å². The number of anilines is 1. The fourth-order valence-electron chi connectivity index (χ4n) is 3.82. The number of nitrogens with one attached hydrogen (secondary N) is 1. The summed E-state index contributed by atoms with van der Waals surface area (Å²) in [6.07, 6.45) is 7.36. The second kappa shape index (κ2) is 7.24. The van der Waals surface area contributed by atoms with E-state index in [-0.39, 0.29) is 5.92 Å². The summed E-state index contributed by atoms with van der Waals surface area (Å²) in [6.45, 7) is 5.69. The molecule has 0 atom stereocenters. The van der Waals surface area contributed by atoms with Gasteiger partial charge in [-0.25, -0.2) is 9.37 Å². The van der Waals surface area contributed by atoms with Gasteiger partial charge in [0.2, 0.25) is 0 Å². The molecule has 3 heterocycles. The number of halogens is 1. The largest absolute Gasteiger partial charge is 0.402 e. The molecule has 0 aliphatic carbocycles. The zero-order chi connectivity index (χ0) is 19.8. The van der Waals surface area contributed by atoms with Crippen LogP contribution in [-0.2, 0) is 0 Å². The van der Waals surface area contributed by atoms with E-state index in [4.69, 9.17) is 11.5 Å². The zero-order valence-electron chi connectivity index (χ0n) is 16.2. The number of nitrogen functional groups attached to an aromatic ring is 1. The Bertz CT molecular complexity index is 1040. The van der Waals surface area contributed by atoms with E-state index in [0.717, 1.165) is 43.0 Å². The number of imidazole rings is 1. The molecule has 3 aromatic rings. The molecule has 2 aromatic heterocycles. The van der Waals surface area contributed by atoms with Gasteiger partial charge >= 0.3 is 0 Å². The molecule has 6 nitrogen and oxygen atoms in total. The first-order valence-electron chi connectivity index (χ1n) is 9.52. The van der Waals surface area contributed by atoms with E-state index < -0.39 is 5.82 Å². The Kier molecular flexibility index (Phi) is 4.77. The standard InChI is InChI=1S/C21H25FN6/c1-12-10-28-11-20(27-21(28)13(2)26-12)15-7-17(22)16(19(24)8-15)9-18(23)14-3-5-25-6-4-14/h7-11,14,25H,3-6,23-24H2,1-2H3/b18-9-. The number of hydrogen-bond acceptors (Lipinski definition) is 5. The van der Waals surface area contributed by atoms with E-state index in [9.17, 15) is 4.39 Å². The van der Waals surface area contributed by atoms with Gasteiger partial charge in [-0.05, 0) is 58.0 Å². The van der Waals surface area contributed by atoms with Crippen molar-refractivity contribution in [1.82, 2.24) is 19.7 Å². The van der Waals surface area contributed by atoms with E-state index in [2.05, 4.69) is 15.3 Å². The SMILES string of the molecule is Cc1cn2cc(-c3cc(N)c(/C=C(\N)C4CCNCC4)c(F)c3)nc2c(C)n1. The summed E-state index contributed by atoms with van der Waals surface area (Å²) < 4.78 is 16.8. The summed E-state index contributed by atoms with van der Waals surface area (Å²) in [4.78, 5) is 9.03. The van der Waals surface area contributed by atoms with E-state index >= 15 is 0 Å². The lowest BCUT2D eigenvalue weighted by atomic mass is 9.93. The Labute approximate surface area is 163 Å². The molecule has 7 heteroatoms. The van der Waals surface area contributed by atoms with Gasteiger partial charge in [0.05, 0.1) is 17.1 Å². The van der Waals surface area contributed by atoms with Crippen LogP contribution >= 0.6 is 0 Å². The fraction of sp³-hybridized carbons (Fsp3) is 0.333. The Hall–Kier alpha value is -2.93. The lowest BCUT2D eigenvalue weighted by molar-refractivity contribution is 0.419. The molecule has 0 unspecified atom stereocenters. The number of nitrogens with zero attached hydrogens (tertiary/aromatic N) is 3. The molecule has 1 fully saturated rings. The number of rotatable bonds is 3. The zero-order valence-corrected chi connectivity index (χ0v) is 16.2. The quantitative estimate of drug-likeness (QED) is 0.607. The van der Waals surface area contributed by atoms with Crippen molar-refractivity contribution < 1.29 is 4.39 Å². The fourth-order valence-corrected chi connectivity index (χ4v) is 3.82. The van der Waals surface area contributed by atoms with Gasteiger partial charge < -0.3 is 21.2 Å². The third kappa shape index (κ3) is 3.45. The molecule has 1 aliphatic rings. The third-order valence-electron chi connectivity index (χ3n) is 5.30. The number of fused-ring (bicyclic) bond motifs is 1. The van der Waals surface area contributed by atoms with Gasteiger partial charge in [-0.2, -0.15) is 0 Å². The molecule has 0 amide bonds. The first kappa shape index (κ1) is 18.4. The van der Waals surface area contributed by atoms with Gasteiger partial charge in [-0.15, -0.1) is 0 Å². The Morgan fingerprint density at radius 2 is 1.96 bits per heavy atom. The molecule has 4 rings (SSSR count). The van der Waals surface area contributed by atoms with Crippen LogP contribution in [0.4, 0.5) is 10.1 Å². The van der Waals surface area contributed by atoms with Crippen molar-refractivity contribution >= 4 is 17.4 Å². The molecule has 0 spiro atoms. The molecule has 5 N–H and O–H groups in total. The first-order valence-corrected chi connectivity index (χ1v) is 9.52. The average molecular weight is 380 g/mol. The summed E-state index contributed by atoms with van der Waals surface area (Å²) in [5.74, 6) is -0.133. The molecule has 1 aliphatic heterocycles. The van der Waals surface area contributed by atoms with Crippen molar-refractivity contribution in [1.29, 1.82) is 0 Å². The van der Waals surface area contributed by atoms with Gasteiger partial charge in [0.15, 0.2) is 5.65 Å². The molecule has 0 radical (unpaired) electrons.